The van der Waals surface area contributed by atoms with E-state index in [1.807, 2.05) is 0 Å². The Morgan fingerprint density at radius 1 is 1.00 bits per heavy atom. The SMILES string of the molecule is CC1(C)CCC(N)C(CN2CCC3(CCCC3)CC2)C1. The number of likely N-dealkylation sites (tertiary alicyclic amines) is 1. The maximum atomic E-state index is 6.41. The van der Waals surface area contributed by atoms with Crippen LogP contribution in [0.2, 0.25) is 0 Å². The summed E-state index contributed by atoms with van der Waals surface area (Å²) in [7, 11) is 0. The number of piperidine rings is 1. The van der Waals surface area contributed by atoms with E-state index in [1.165, 1.54) is 77.4 Å². The molecule has 1 aliphatic heterocycles. The molecular weight excluding hydrogens is 244 g/mol. The number of rotatable bonds is 2. The lowest BCUT2D eigenvalue weighted by atomic mass is 9.69. The maximum Gasteiger partial charge on any atom is 0.00797 e. The van der Waals surface area contributed by atoms with E-state index < -0.39 is 0 Å². The Hall–Kier alpha value is -0.0800. The van der Waals surface area contributed by atoms with Gasteiger partial charge in [0.25, 0.3) is 0 Å². The number of hydrogen-bond acceptors (Lipinski definition) is 2. The van der Waals surface area contributed by atoms with Crippen molar-refractivity contribution in [1.82, 2.24) is 4.90 Å². The van der Waals surface area contributed by atoms with Gasteiger partial charge in [-0.1, -0.05) is 26.7 Å². The smallest absolute Gasteiger partial charge is 0.00797 e. The Bertz CT molecular complexity index is 320. The van der Waals surface area contributed by atoms with Gasteiger partial charge in [-0.15, -0.1) is 0 Å². The number of nitrogens with zero attached hydrogens (tertiary/aromatic N) is 1. The Morgan fingerprint density at radius 3 is 2.30 bits per heavy atom. The predicted molar refractivity (Wildman–Crippen MR) is 85.7 cm³/mol. The second-order valence-corrected chi connectivity index (χ2v) is 8.84. The zero-order valence-corrected chi connectivity index (χ0v) is 13.7. The van der Waals surface area contributed by atoms with E-state index in [-0.39, 0.29) is 0 Å². The molecule has 2 atom stereocenters. The summed E-state index contributed by atoms with van der Waals surface area (Å²) >= 11 is 0. The summed E-state index contributed by atoms with van der Waals surface area (Å²) in [5, 5.41) is 0. The summed E-state index contributed by atoms with van der Waals surface area (Å²) in [5.41, 5.74) is 7.68. The molecule has 0 bridgehead atoms. The first kappa shape index (κ1) is 14.8. The van der Waals surface area contributed by atoms with Gasteiger partial charge in [-0.25, -0.2) is 0 Å². The summed E-state index contributed by atoms with van der Waals surface area (Å²) in [4.78, 5) is 2.73. The third kappa shape index (κ3) is 3.22. The molecule has 116 valence electrons. The third-order valence-electron chi connectivity index (χ3n) is 6.65. The van der Waals surface area contributed by atoms with Crippen LogP contribution in [-0.2, 0) is 0 Å². The molecule has 0 aromatic rings. The zero-order valence-electron chi connectivity index (χ0n) is 13.7. The molecule has 2 heteroatoms. The van der Waals surface area contributed by atoms with Crippen molar-refractivity contribution in [3.8, 4) is 0 Å². The van der Waals surface area contributed by atoms with Crippen molar-refractivity contribution < 1.29 is 0 Å². The van der Waals surface area contributed by atoms with Crippen LogP contribution in [0.3, 0.4) is 0 Å². The Morgan fingerprint density at radius 2 is 1.65 bits per heavy atom. The topological polar surface area (TPSA) is 29.3 Å². The van der Waals surface area contributed by atoms with E-state index in [9.17, 15) is 0 Å². The maximum absolute atomic E-state index is 6.41. The van der Waals surface area contributed by atoms with E-state index in [4.69, 9.17) is 5.73 Å². The number of hydrogen-bond donors (Lipinski definition) is 1. The fourth-order valence-corrected chi connectivity index (χ4v) is 5.12. The van der Waals surface area contributed by atoms with Gasteiger partial charge in [-0.05, 0) is 74.8 Å². The largest absolute Gasteiger partial charge is 0.327 e. The summed E-state index contributed by atoms with van der Waals surface area (Å²) in [5.74, 6) is 0.733. The highest BCUT2D eigenvalue weighted by molar-refractivity contribution is 4.92. The average Bonchev–Trinajstić information content (AvgIpc) is 2.85. The van der Waals surface area contributed by atoms with Crippen molar-refractivity contribution >= 4 is 0 Å². The molecule has 0 radical (unpaired) electrons. The van der Waals surface area contributed by atoms with Crippen LogP contribution in [0.15, 0.2) is 0 Å². The monoisotopic (exact) mass is 278 g/mol. The van der Waals surface area contributed by atoms with Gasteiger partial charge in [-0.2, -0.15) is 0 Å². The number of nitrogens with two attached hydrogens (primary N) is 1. The first-order valence-corrected chi connectivity index (χ1v) is 8.96. The van der Waals surface area contributed by atoms with E-state index >= 15 is 0 Å². The molecule has 3 aliphatic rings. The minimum atomic E-state index is 0.449. The van der Waals surface area contributed by atoms with Crippen LogP contribution >= 0.6 is 0 Å². The van der Waals surface area contributed by atoms with Gasteiger partial charge in [0, 0.05) is 12.6 Å². The average molecular weight is 278 g/mol. The Balaban J connectivity index is 1.51. The molecule has 3 rings (SSSR count). The minimum absolute atomic E-state index is 0.449. The molecule has 1 heterocycles. The van der Waals surface area contributed by atoms with Gasteiger partial charge in [0.15, 0.2) is 0 Å². The van der Waals surface area contributed by atoms with Crippen molar-refractivity contribution in [1.29, 1.82) is 0 Å². The van der Waals surface area contributed by atoms with Crippen molar-refractivity contribution in [3.63, 3.8) is 0 Å². The van der Waals surface area contributed by atoms with Gasteiger partial charge in [0.1, 0.15) is 0 Å². The van der Waals surface area contributed by atoms with Crippen molar-refractivity contribution in [2.24, 2.45) is 22.5 Å². The van der Waals surface area contributed by atoms with E-state index in [1.54, 1.807) is 0 Å². The highest BCUT2D eigenvalue weighted by atomic mass is 15.1. The van der Waals surface area contributed by atoms with Crippen LogP contribution in [0.5, 0.6) is 0 Å². The third-order valence-corrected chi connectivity index (χ3v) is 6.65. The van der Waals surface area contributed by atoms with Gasteiger partial charge in [0.2, 0.25) is 0 Å². The normalized spacial score (nSPS) is 37.4. The second-order valence-electron chi connectivity index (χ2n) is 8.84. The van der Waals surface area contributed by atoms with Gasteiger partial charge >= 0.3 is 0 Å². The standard InChI is InChI=1S/C18H34N2/c1-17(2)8-5-16(19)15(13-17)14-20-11-9-18(10-12-20)6-3-4-7-18/h15-16H,3-14,19H2,1-2H3. The highest BCUT2D eigenvalue weighted by Gasteiger charge is 2.39. The van der Waals surface area contributed by atoms with Crippen molar-refractivity contribution in [2.45, 2.75) is 77.7 Å². The first-order chi connectivity index (χ1) is 9.48. The summed E-state index contributed by atoms with van der Waals surface area (Å²) in [6, 6.07) is 0.449. The molecule has 1 saturated heterocycles. The van der Waals surface area contributed by atoms with E-state index in [2.05, 4.69) is 18.7 Å². The Kier molecular flexibility index (Phi) is 4.16. The fraction of sp³-hybridized carbons (Fsp3) is 1.00. The molecule has 0 aromatic carbocycles. The minimum Gasteiger partial charge on any atom is -0.327 e. The first-order valence-electron chi connectivity index (χ1n) is 8.96. The van der Waals surface area contributed by atoms with E-state index in [0.717, 1.165) is 11.3 Å². The fourth-order valence-electron chi connectivity index (χ4n) is 5.12. The van der Waals surface area contributed by atoms with Crippen LogP contribution < -0.4 is 5.73 Å². The molecule has 0 aromatic heterocycles. The van der Waals surface area contributed by atoms with E-state index in [0.29, 0.717) is 11.5 Å². The summed E-state index contributed by atoms with van der Waals surface area (Å²) in [6.45, 7) is 8.79. The lowest BCUT2D eigenvalue weighted by Crippen LogP contribution is -2.48. The summed E-state index contributed by atoms with van der Waals surface area (Å²) < 4.78 is 0. The van der Waals surface area contributed by atoms with Crippen LogP contribution in [0.4, 0.5) is 0 Å². The van der Waals surface area contributed by atoms with Crippen LogP contribution in [0.1, 0.15) is 71.6 Å². The summed E-state index contributed by atoms with van der Waals surface area (Å²) in [6.07, 6.45) is 12.8. The zero-order chi connectivity index (χ0) is 14.2. The van der Waals surface area contributed by atoms with Gasteiger partial charge in [-0.3, -0.25) is 0 Å². The predicted octanol–water partition coefficient (Wildman–Crippen LogP) is 3.80. The molecule has 0 amide bonds. The van der Waals surface area contributed by atoms with Crippen LogP contribution in [0, 0.1) is 16.7 Å². The van der Waals surface area contributed by atoms with Crippen molar-refractivity contribution in [3.05, 3.63) is 0 Å². The molecule has 2 N–H and O–H groups in total. The second kappa shape index (κ2) is 5.61. The van der Waals surface area contributed by atoms with Crippen molar-refractivity contribution in [2.75, 3.05) is 19.6 Å². The lowest BCUT2D eigenvalue weighted by molar-refractivity contribution is 0.0659. The quantitative estimate of drug-likeness (QED) is 0.832. The van der Waals surface area contributed by atoms with Gasteiger partial charge in [0.05, 0.1) is 0 Å². The molecule has 20 heavy (non-hydrogen) atoms. The molecule has 2 aliphatic carbocycles. The lowest BCUT2D eigenvalue weighted by Gasteiger charge is -2.44. The molecule has 2 unspecified atom stereocenters. The molecule has 3 fully saturated rings. The Labute approximate surface area is 125 Å². The molecule has 1 spiro atoms. The molecular formula is C18H34N2. The van der Waals surface area contributed by atoms with Gasteiger partial charge < -0.3 is 10.6 Å². The molecule has 2 saturated carbocycles. The van der Waals surface area contributed by atoms with Crippen LogP contribution in [-0.4, -0.2) is 30.6 Å². The molecule has 2 nitrogen and oxygen atoms in total. The van der Waals surface area contributed by atoms with Crippen LogP contribution in [0.25, 0.3) is 0 Å². The highest BCUT2D eigenvalue weighted by Crippen LogP contribution is 2.46.